The van der Waals surface area contributed by atoms with Crippen LogP contribution in [0.3, 0.4) is 0 Å². The molecule has 0 aliphatic carbocycles. The third kappa shape index (κ3) is 4.56. The highest BCUT2D eigenvalue weighted by atomic mass is 79.9. The van der Waals surface area contributed by atoms with Crippen molar-refractivity contribution in [3.05, 3.63) is 52.1 Å². The maximum absolute atomic E-state index is 11.9. The number of thioether (sulfide) groups is 1. The summed E-state index contributed by atoms with van der Waals surface area (Å²) in [6.45, 7) is 0. The normalized spacial score (nSPS) is 10.6. The number of rotatable bonds is 5. The van der Waals surface area contributed by atoms with Crippen LogP contribution in [-0.4, -0.2) is 26.8 Å². The molecular weight excluding hydrogens is 416 g/mol. The van der Waals surface area contributed by atoms with E-state index < -0.39 is 0 Å². The topological polar surface area (TPSA) is 80.9 Å². The fourth-order valence-corrected chi connectivity index (χ4v) is 2.67. The fourth-order valence-electron chi connectivity index (χ4n) is 1.73. The summed E-state index contributed by atoms with van der Waals surface area (Å²) in [5.41, 5.74) is 0.812. The van der Waals surface area contributed by atoms with Crippen molar-refractivity contribution in [2.45, 2.75) is 5.22 Å². The number of benzene rings is 1. The van der Waals surface area contributed by atoms with Crippen LogP contribution in [0.25, 0.3) is 11.5 Å². The molecule has 0 unspecified atom stereocenters. The molecule has 6 nitrogen and oxygen atoms in total. The van der Waals surface area contributed by atoms with Gasteiger partial charge in [-0.2, -0.15) is 0 Å². The van der Waals surface area contributed by atoms with Crippen molar-refractivity contribution in [1.82, 2.24) is 15.2 Å². The Bertz CT molecular complexity index is 839. The molecule has 24 heavy (non-hydrogen) atoms. The lowest BCUT2D eigenvalue weighted by molar-refractivity contribution is -0.113. The lowest BCUT2D eigenvalue weighted by Crippen LogP contribution is -2.14. The molecule has 1 amide bonds. The summed E-state index contributed by atoms with van der Waals surface area (Å²) in [6.07, 6.45) is 1.47. The van der Waals surface area contributed by atoms with E-state index in [0.717, 1.165) is 21.8 Å². The van der Waals surface area contributed by atoms with Crippen molar-refractivity contribution in [1.29, 1.82) is 0 Å². The van der Waals surface area contributed by atoms with Crippen LogP contribution in [0.2, 0.25) is 5.02 Å². The van der Waals surface area contributed by atoms with Gasteiger partial charge in [0.25, 0.3) is 5.22 Å². The molecule has 2 heterocycles. The van der Waals surface area contributed by atoms with Gasteiger partial charge in [-0.25, -0.2) is 4.98 Å². The van der Waals surface area contributed by atoms with Gasteiger partial charge in [0, 0.05) is 16.2 Å². The van der Waals surface area contributed by atoms with Crippen LogP contribution in [-0.2, 0) is 4.79 Å². The molecule has 0 bridgehead atoms. The molecule has 9 heteroatoms. The largest absolute Gasteiger partial charge is 0.411 e. The van der Waals surface area contributed by atoms with Crippen molar-refractivity contribution in [2.24, 2.45) is 0 Å². The Morgan fingerprint density at radius 2 is 2.00 bits per heavy atom. The smallest absolute Gasteiger partial charge is 0.277 e. The van der Waals surface area contributed by atoms with Crippen molar-refractivity contribution >= 4 is 51.0 Å². The Labute approximate surface area is 155 Å². The first-order valence-corrected chi connectivity index (χ1v) is 8.89. The number of carbonyl (C=O) groups is 1. The lowest BCUT2D eigenvalue weighted by atomic mass is 10.2. The van der Waals surface area contributed by atoms with Gasteiger partial charge in [0.05, 0.1) is 10.8 Å². The summed E-state index contributed by atoms with van der Waals surface area (Å²) in [5.74, 6) is 0.751. The highest BCUT2D eigenvalue weighted by Crippen LogP contribution is 2.24. The zero-order valence-electron chi connectivity index (χ0n) is 12.1. The van der Waals surface area contributed by atoms with Gasteiger partial charge in [-0.1, -0.05) is 39.3 Å². The molecule has 0 atom stereocenters. The number of carbonyl (C=O) groups excluding carboxylic acids is 1. The Balaban J connectivity index is 1.56. The predicted octanol–water partition coefficient (Wildman–Crippen LogP) is 4.28. The third-order valence-corrected chi connectivity index (χ3v) is 4.39. The van der Waals surface area contributed by atoms with Gasteiger partial charge >= 0.3 is 0 Å². The molecule has 0 saturated heterocycles. The fraction of sp³-hybridized carbons (Fsp3) is 0.0667. The lowest BCUT2D eigenvalue weighted by Gasteiger charge is -2.02. The molecule has 2 aromatic heterocycles. The number of hydrogen-bond acceptors (Lipinski definition) is 6. The van der Waals surface area contributed by atoms with Crippen molar-refractivity contribution in [2.75, 3.05) is 11.1 Å². The van der Waals surface area contributed by atoms with E-state index in [0.29, 0.717) is 22.0 Å². The van der Waals surface area contributed by atoms with E-state index in [-0.39, 0.29) is 11.7 Å². The first-order chi connectivity index (χ1) is 11.6. The molecule has 0 aliphatic heterocycles. The molecule has 1 aromatic carbocycles. The van der Waals surface area contributed by atoms with Crippen LogP contribution in [0.4, 0.5) is 5.82 Å². The molecule has 122 valence electrons. The minimum Gasteiger partial charge on any atom is -0.411 e. The van der Waals surface area contributed by atoms with Gasteiger partial charge < -0.3 is 9.73 Å². The van der Waals surface area contributed by atoms with E-state index in [1.807, 2.05) is 24.3 Å². The Morgan fingerprint density at radius 3 is 2.71 bits per heavy atom. The second-order valence-electron chi connectivity index (χ2n) is 4.58. The Morgan fingerprint density at radius 1 is 1.21 bits per heavy atom. The molecular formula is C15H10BrClN4O2S. The number of nitrogens with zero attached hydrogens (tertiary/aromatic N) is 3. The zero-order chi connectivity index (χ0) is 16.9. The van der Waals surface area contributed by atoms with Gasteiger partial charge in [0.1, 0.15) is 5.82 Å². The SMILES string of the molecule is O=C(CSc1nnc(-c2ccc(Br)cc2)o1)Nc1ccc(Cl)cn1. The van der Waals surface area contributed by atoms with Gasteiger partial charge in [-0.15, -0.1) is 10.2 Å². The van der Waals surface area contributed by atoms with E-state index in [9.17, 15) is 4.79 Å². The van der Waals surface area contributed by atoms with Gasteiger partial charge in [0.2, 0.25) is 11.8 Å². The number of pyridine rings is 1. The number of amides is 1. The molecule has 3 rings (SSSR count). The molecule has 0 saturated carbocycles. The Kier molecular flexibility index (Phi) is 5.49. The summed E-state index contributed by atoms with van der Waals surface area (Å²) < 4.78 is 6.50. The van der Waals surface area contributed by atoms with Gasteiger partial charge in [0.15, 0.2) is 0 Å². The third-order valence-electron chi connectivity index (χ3n) is 2.82. The van der Waals surface area contributed by atoms with E-state index in [2.05, 4.69) is 36.4 Å². The number of anilines is 1. The van der Waals surface area contributed by atoms with Crippen molar-refractivity contribution in [3.8, 4) is 11.5 Å². The van der Waals surface area contributed by atoms with Crippen LogP contribution in [0.1, 0.15) is 0 Å². The van der Waals surface area contributed by atoms with Crippen LogP contribution in [0, 0.1) is 0 Å². The zero-order valence-corrected chi connectivity index (χ0v) is 15.2. The van der Waals surface area contributed by atoms with Crippen LogP contribution in [0.5, 0.6) is 0 Å². The van der Waals surface area contributed by atoms with Crippen LogP contribution < -0.4 is 5.32 Å². The quantitative estimate of drug-likeness (QED) is 0.615. The Hall–Kier alpha value is -1.90. The van der Waals surface area contributed by atoms with E-state index in [1.165, 1.54) is 6.20 Å². The number of nitrogens with one attached hydrogen (secondary N) is 1. The number of aromatic nitrogens is 3. The standard InChI is InChI=1S/C15H10BrClN4O2S/c16-10-3-1-9(2-4-10)14-20-21-15(23-14)24-8-13(22)19-12-6-5-11(17)7-18-12/h1-7H,8H2,(H,18,19,22). The summed E-state index contributed by atoms with van der Waals surface area (Å²) in [7, 11) is 0. The molecule has 3 aromatic rings. The van der Waals surface area contributed by atoms with Gasteiger partial charge in [-0.05, 0) is 36.4 Å². The maximum atomic E-state index is 11.9. The van der Waals surface area contributed by atoms with Crippen molar-refractivity contribution in [3.63, 3.8) is 0 Å². The number of hydrogen-bond donors (Lipinski definition) is 1. The molecule has 0 fully saturated rings. The van der Waals surface area contributed by atoms with Gasteiger partial charge in [-0.3, -0.25) is 4.79 Å². The summed E-state index contributed by atoms with van der Waals surface area (Å²) in [5, 5.41) is 11.4. The molecule has 0 aliphatic rings. The number of halogens is 2. The highest BCUT2D eigenvalue weighted by molar-refractivity contribution is 9.10. The average molecular weight is 426 g/mol. The average Bonchev–Trinajstić information content (AvgIpc) is 3.05. The first kappa shape index (κ1) is 16.9. The predicted molar refractivity (Wildman–Crippen MR) is 96.0 cm³/mol. The molecule has 0 radical (unpaired) electrons. The summed E-state index contributed by atoms with van der Waals surface area (Å²) in [6, 6.07) is 10.8. The molecule has 1 N–H and O–H groups in total. The minimum absolute atomic E-state index is 0.131. The minimum atomic E-state index is -0.224. The van der Waals surface area contributed by atoms with E-state index in [4.69, 9.17) is 16.0 Å². The van der Waals surface area contributed by atoms with Crippen molar-refractivity contribution < 1.29 is 9.21 Å². The first-order valence-electron chi connectivity index (χ1n) is 6.74. The highest BCUT2D eigenvalue weighted by Gasteiger charge is 2.11. The summed E-state index contributed by atoms with van der Waals surface area (Å²) in [4.78, 5) is 15.9. The van der Waals surface area contributed by atoms with Crippen LogP contribution in [0.15, 0.2) is 56.7 Å². The monoisotopic (exact) mass is 424 g/mol. The van der Waals surface area contributed by atoms with E-state index in [1.54, 1.807) is 12.1 Å². The second-order valence-corrected chi connectivity index (χ2v) is 6.86. The van der Waals surface area contributed by atoms with Crippen LogP contribution >= 0.6 is 39.3 Å². The van der Waals surface area contributed by atoms with E-state index >= 15 is 0 Å². The summed E-state index contributed by atoms with van der Waals surface area (Å²) >= 11 is 10.3. The molecule has 0 spiro atoms. The maximum Gasteiger partial charge on any atom is 0.277 e. The second kappa shape index (κ2) is 7.78.